The summed E-state index contributed by atoms with van der Waals surface area (Å²) in [5, 5.41) is 11.0. The molecule has 1 atom stereocenters. The van der Waals surface area contributed by atoms with Gasteiger partial charge in [-0.05, 0) is 24.6 Å². The Balaban J connectivity index is 2.37. The highest BCUT2D eigenvalue weighted by Crippen LogP contribution is 2.26. The van der Waals surface area contributed by atoms with Crippen LogP contribution in [0.25, 0.3) is 0 Å². The number of amides is 1. The van der Waals surface area contributed by atoms with Gasteiger partial charge >= 0.3 is 6.18 Å². The van der Waals surface area contributed by atoms with Crippen molar-refractivity contribution in [3.8, 4) is 6.07 Å². The minimum Gasteiger partial charge on any atom is -0.343 e. The summed E-state index contributed by atoms with van der Waals surface area (Å²) in [6.45, 7) is 1.10. The molecule has 0 saturated heterocycles. The van der Waals surface area contributed by atoms with E-state index in [0.29, 0.717) is 6.20 Å². The monoisotopic (exact) mass is 450 g/mol. The molecule has 0 fully saturated rings. The number of nitriles is 1. The number of carbonyl (C=O) groups is 1. The highest BCUT2D eigenvalue weighted by Gasteiger charge is 2.42. The van der Waals surface area contributed by atoms with Crippen molar-refractivity contribution in [3.05, 3.63) is 47.3 Å². The molecule has 162 valence electrons. The molecule has 0 aliphatic carbocycles. The van der Waals surface area contributed by atoms with E-state index >= 15 is 0 Å². The van der Waals surface area contributed by atoms with E-state index in [-0.39, 0.29) is 5.69 Å². The Hall–Kier alpha value is -2.98. The van der Waals surface area contributed by atoms with Gasteiger partial charge in [0.2, 0.25) is 10.0 Å². The van der Waals surface area contributed by atoms with E-state index in [2.05, 4.69) is 5.32 Å². The number of carbonyl (C=O) groups excluding carboxylic acids is 1. The van der Waals surface area contributed by atoms with Crippen LogP contribution >= 0.6 is 0 Å². The van der Waals surface area contributed by atoms with Gasteiger partial charge in [0.1, 0.15) is 28.5 Å². The Morgan fingerprint density at radius 2 is 1.93 bits per heavy atom. The summed E-state index contributed by atoms with van der Waals surface area (Å²) in [7, 11) is -3.83. The minimum atomic E-state index is -4.95. The maximum absolute atomic E-state index is 14.7. The molecule has 1 aromatic carbocycles. The minimum absolute atomic E-state index is 0.0794. The van der Waals surface area contributed by atoms with Gasteiger partial charge in [0.05, 0.1) is 5.56 Å². The first-order valence-corrected chi connectivity index (χ1v) is 9.75. The van der Waals surface area contributed by atoms with Gasteiger partial charge in [-0.3, -0.25) is 4.79 Å². The first kappa shape index (κ1) is 23.3. The summed E-state index contributed by atoms with van der Waals surface area (Å²) in [4.78, 5) is 11.2. The van der Waals surface area contributed by atoms with Crippen molar-refractivity contribution in [3.63, 3.8) is 0 Å². The lowest BCUT2D eigenvalue weighted by molar-refractivity contribution is -0.151. The summed E-state index contributed by atoms with van der Waals surface area (Å²) < 4.78 is 93.4. The number of benzene rings is 1. The van der Waals surface area contributed by atoms with E-state index in [1.807, 2.05) is 0 Å². The summed E-state index contributed by atoms with van der Waals surface area (Å²) in [6, 6.07) is 2.05. The smallest absolute Gasteiger partial charge is 0.343 e. The second-order valence-corrected chi connectivity index (χ2v) is 7.83. The van der Waals surface area contributed by atoms with Gasteiger partial charge in [0.25, 0.3) is 5.91 Å². The number of alkyl halides is 3. The van der Waals surface area contributed by atoms with E-state index < -0.39 is 62.4 Å². The lowest BCUT2D eigenvalue weighted by atomic mass is 10.2. The number of nitrogens with zero attached hydrogens (tertiary/aromatic N) is 2. The topological polar surface area (TPSA) is 104 Å². The fourth-order valence-corrected chi connectivity index (χ4v) is 3.96. The highest BCUT2D eigenvalue weighted by atomic mass is 32.2. The average Bonchev–Trinajstić information content (AvgIpc) is 2.95. The van der Waals surface area contributed by atoms with Gasteiger partial charge in [-0.15, -0.1) is 0 Å². The lowest BCUT2D eigenvalue weighted by Crippen LogP contribution is -2.44. The highest BCUT2D eigenvalue weighted by molar-refractivity contribution is 7.89. The van der Waals surface area contributed by atoms with Crippen molar-refractivity contribution in [1.29, 1.82) is 5.26 Å². The second-order valence-electron chi connectivity index (χ2n) is 6.15. The fourth-order valence-electron chi connectivity index (χ4n) is 2.53. The van der Waals surface area contributed by atoms with Gasteiger partial charge in [-0.25, -0.2) is 17.2 Å². The normalized spacial score (nSPS) is 13.0. The van der Waals surface area contributed by atoms with Crippen LogP contribution in [0.5, 0.6) is 0 Å². The van der Waals surface area contributed by atoms with Crippen molar-refractivity contribution in [1.82, 2.24) is 9.29 Å². The number of nitrogens with one attached hydrogen (secondary N) is 2. The SMILES string of the molecule is CCC(NS(=O)(=O)c1cn(C)c(C(=O)Nc2ccc(F)c(C#N)c2)c1F)C(F)(F)F. The number of sulfonamides is 1. The van der Waals surface area contributed by atoms with Crippen molar-refractivity contribution in [2.45, 2.75) is 30.5 Å². The first-order chi connectivity index (χ1) is 13.8. The third kappa shape index (κ3) is 4.77. The molecule has 2 N–H and O–H groups in total. The molecule has 1 amide bonds. The van der Waals surface area contributed by atoms with Crippen LogP contribution in [0.15, 0.2) is 29.3 Å². The Morgan fingerprint density at radius 1 is 1.30 bits per heavy atom. The summed E-state index contributed by atoms with van der Waals surface area (Å²) in [5.74, 6) is -3.58. The Bertz CT molecular complexity index is 1120. The first-order valence-electron chi connectivity index (χ1n) is 8.26. The molecule has 7 nitrogen and oxygen atoms in total. The number of halogens is 5. The predicted molar refractivity (Wildman–Crippen MR) is 94.9 cm³/mol. The molecule has 1 heterocycles. The Kier molecular flexibility index (Phi) is 6.53. The van der Waals surface area contributed by atoms with E-state index in [1.165, 1.54) is 4.72 Å². The molecular formula is C17H15F5N4O3S. The second kappa shape index (κ2) is 8.41. The van der Waals surface area contributed by atoms with Crippen LogP contribution < -0.4 is 10.0 Å². The van der Waals surface area contributed by atoms with Gasteiger partial charge in [0, 0.05) is 18.9 Å². The molecule has 30 heavy (non-hydrogen) atoms. The van der Waals surface area contributed by atoms with Crippen molar-refractivity contribution >= 4 is 21.6 Å². The molecule has 2 rings (SSSR count). The summed E-state index contributed by atoms with van der Waals surface area (Å²) >= 11 is 0. The molecule has 1 unspecified atom stereocenters. The number of anilines is 1. The Morgan fingerprint density at radius 3 is 2.47 bits per heavy atom. The molecule has 0 spiro atoms. The quantitative estimate of drug-likeness (QED) is 0.660. The van der Waals surface area contributed by atoms with Gasteiger partial charge in [-0.2, -0.15) is 23.2 Å². The van der Waals surface area contributed by atoms with E-state index in [1.54, 1.807) is 6.07 Å². The van der Waals surface area contributed by atoms with Crippen LogP contribution in [-0.2, 0) is 17.1 Å². The predicted octanol–water partition coefficient (Wildman–Crippen LogP) is 3.05. The molecular weight excluding hydrogens is 435 g/mol. The fraction of sp³-hybridized carbons (Fsp3) is 0.294. The van der Waals surface area contributed by atoms with Crippen LogP contribution in [0.3, 0.4) is 0 Å². The van der Waals surface area contributed by atoms with Crippen LogP contribution in [0.1, 0.15) is 29.4 Å². The standard InChI is InChI=1S/C17H15F5N4O3S/c1-3-13(17(20,21)22)25-30(28,29)12-8-26(2)15(14(12)19)16(27)24-10-4-5-11(18)9(6-10)7-23/h4-6,8,13,25H,3H2,1-2H3,(H,24,27). The van der Waals surface area contributed by atoms with Gasteiger partial charge in [-0.1, -0.05) is 6.92 Å². The van der Waals surface area contributed by atoms with Crippen LogP contribution in [0, 0.1) is 23.0 Å². The molecule has 0 radical (unpaired) electrons. The third-order valence-electron chi connectivity index (χ3n) is 4.04. The van der Waals surface area contributed by atoms with E-state index in [0.717, 1.165) is 36.7 Å². The molecule has 0 saturated carbocycles. The zero-order valence-corrected chi connectivity index (χ0v) is 16.3. The van der Waals surface area contributed by atoms with E-state index in [9.17, 15) is 35.2 Å². The molecule has 2 aromatic rings. The van der Waals surface area contributed by atoms with Crippen LogP contribution in [-0.4, -0.2) is 31.1 Å². The number of aryl methyl sites for hydroxylation is 1. The molecule has 0 aliphatic rings. The number of rotatable bonds is 6. The molecule has 13 heteroatoms. The van der Waals surface area contributed by atoms with Crippen molar-refractivity contribution < 1.29 is 35.2 Å². The number of hydrogen-bond donors (Lipinski definition) is 2. The summed E-state index contributed by atoms with van der Waals surface area (Å²) in [5.41, 5.74) is -1.27. The number of hydrogen-bond acceptors (Lipinski definition) is 4. The molecule has 0 aliphatic heterocycles. The average molecular weight is 450 g/mol. The zero-order valence-electron chi connectivity index (χ0n) is 15.5. The van der Waals surface area contributed by atoms with E-state index in [4.69, 9.17) is 5.26 Å². The zero-order chi connectivity index (χ0) is 22.9. The number of aromatic nitrogens is 1. The third-order valence-corrected chi connectivity index (χ3v) is 5.50. The molecule has 0 bridgehead atoms. The Labute approximate surface area is 168 Å². The van der Waals surface area contributed by atoms with Crippen molar-refractivity contribution in [2.75, 3.05) is 5.32 Å². The van der Waals surface area contributed by atoms with Gasteiger partial charge < -0.3 is 9.88 Å². The maximum Gasteiger partial charge on any atom is 0.404 e. The van der Waals surface area contributed by atoms with Crippen LogP contribution in [0.2, 0.25) is 0 Å². The lowest BCUT2D eigenvalue weighted by Gasteiger charge is -2.19. The summed E-state index contributed by atoms with van der Waals surface area (Å²) in [6.07, 6.45) is -4.87. The molecule has 1 aromatic heterocycles. The van der Waals surface area contributed by atoms with Crippen molar-refractivity contribution in [2.24, 2.45) is 7.05 Å². The van der Waals surface area contributed by atoms with Crippen LogP contribution in [0.4, 0.5) is 27.6 Å². The largest absolute Gasteiger partial charge is 0.404 e. The van der Waals surface area contributed by atoms with Gasteiger partial charge in [0.15, 0.2) is 5.82 Å². The maximum atomic E-state index is 14.7.